The Morgan fingerprint density at radius 3 is 2.46 bits per heavy atom. The maximum Gasteiger partial charge on any atom is 0.262 e. The summed E-state index contributed by atoms with van der Waals surface area (Å²) < 4.78 is 0. The molecule has 0 aromatic carbocycles. The third kappa shape index (κ3) is 4.36. The van der Waals surface area contributed by atoms with Crippen molar-refractivity contribution in [1.82, 2.24) is 15.5 Å². The smallest absolute Gasteiger partial charge is 0.262 e. The van der Waals surface area contributed by atoms with E-state index in [2.05, 4.69) is 15.5 Å². The lowest BCUT2D eigenvalue weighted by atomic mass is 10.0. The zero-order chi connectivity index (χ0) is 17.1. The first kappa shape index (κ1) is 17.4. The number of likely N-dealkylation sites (tertiary alicyclic amines) is 1. The van der Waals surface area contributed by atoms with Gasteiger partial charge in [0.05, 0.1) is 4.88 Å². The molecule has 0 radical (unpaired) electrons. The monoisotopic (exact) mass is 349 g/mol. The van der Waals surface area contributed by atoms with Crippen LogP contribution in [0.25, 0.3) is 0 Å². The van der Waals surface area contributed by atoms with E-state index in [0.29, 0.717) is 4.88 Å². The fourth-order valence-electron chi connectivity index (χ4n) is 3.29. The molecule has 132 valence electrons. The predicted molar refractivity (Wildman–Crippen MR) is 96.2 cm³/mol. The molecule has 1 atom stereocenters. The fraction of sp³-hybridized carbons (Fsp3) is 0.667. The third-order valence-electron chi connectivity index (χ3n) is 4.92. The minimum atomic E-state index is -0.485. The van der Waals surface area contributed by atoms with Gasteiger partial charge in [0.2, 0.25) is 5.91 Å². The number of hydrogen-bond donors (Lipinski definition) is 2. The summed E-state index contributed by atoms with van der Waals surface area (Å²) in [5, 5.41) is 7.92. The molecular formula is C18H27N3O2S. The van der Waals surface area contributed by atoms with E-state index in [4.69, 9.17) is 0 Å². The SMILES string of the molecule is CC(C)C(NC(=O)c1cccs1)C(=O)NC1CCN(C2CC2)CC1. The summed E-state index contributed by atoms with van der Waals surface area (Å²) in [5.41, 5.74) is 0. The number of thiophene rings is 1. The van der Waals surface area contributed by atoms with Crippen LogP contribution in [0.5, 0.6) is 0 Å². The van der Waals surface area contributed by atoms with Gasteiger partial charge in [0.1, 0.15) is 6.04 Å². The van der Waals surface area contributed by atoms with Crippen molar-refractivity contribution in [3.63, 3.8) is 0 Å². The summed E-state index contributed by atoms with van der Waals surface area (Å²) in [4.78, 5) is 28.1. The van der Waals surface area contributed by atoms with Gasteiger partial charge in [-0.3, -0.25) is 9.59 Å². The summed E-state index contributed by atoms with van der Waals surface area (Å²) in [7, 11) is 0. The second-order valence-electron chi connectivity index (χ2n) is 7.22. The topological polar surface area (TPSA) is 61.4 Å². The molecule has 1 saturated carbocycles. The molecular weight excluding hydrogens is 322 g/mol. The van der Waals surface area contributed by atoms with E-state index < -0.39 is 6.04 Å². The molecule has 0 bridgehead atoms. The largest absolute Gasteiger partial charge is 0.351 e. The molecule has 2 amide bonds. The maximum atomic E-state index is 12.6. The van der Waals surface area contributed by atoms with E-state index in [1.165, 1.54) is 24.2 Å². The molecule has 1 saturated heterocycles. The second kappa shape index (κ2) is 7.66. The maximum absolute atomic E-state index is 12.6. The predicted octanol–water partition coefficient (Wildman–Crippen LogP) is 2.25. The zero-order valence-corrected chi connectivity index (χ0v) is 15.3. The van der Waals surface area contributed by atoms with Gasteiger partial charge >= 0.3 is 0 Å². The number of amides is 2. The average molecular weight is 350 g/mol. The molecule has 0 spiro atoms. The van der Waals surface area contributed by atoms with Gasteiger partial charge in [0.25, 0.3) is 5.91 Å². The number of piperidine rings is 1. The van der Waals surface area contributed by atoms with Crippen molar-refractivity contribution in [2.24, 2.45) is 5.92 Å². The summed E-state index contributed by atoms with van der Waals surface area (Å²) in [6, 6.07) is 4.17. The normalized spacial score (nSPS) is 20.8. The van der Waals surface area contributed by atoms with Gasteiger partial charge in [-0.05, 0) is 43.0 Å². The molecule has 6 heteroatoms. The van der Waals surface area contributed by atoms with Gasteiger partial charge in [-0.25, -0.2) is 0 Å². The number of carbonyl (C=O) groups excluding carboxylic acids is 2. The lowest BCUT2D eigenvalue weighted by molar-refractivity contribution is -0.125. The van der Waals surface area contributed by atoms with Gasteiger partial charge in [-0.15, -0.1) is 11.3 Å². The quantitative estimate of drug-likeness (QED) is 0.828. The Balaban J connectivity index is 1.51. The van der Waals surface area contributed by atoms with Crippen LogP contribution >= 0.6 is 11.3 Å². The Kier molecular flexibility index (Phi) is 5.56. The van der Waals surface area contributed by atoms with E-state index in [9.17, 15) is 9.59 Å². The number of carbonyl (C=O) groups is 2. The lowest BCUT2D eigenvalue weighted by Crippen LogP contribution is -2.54. The zero-order valence-electron chi connectivity index (χ0n) is 14.5. The highest BCUT2D eigenvalue weighted by atomic mass is 32.1. The van der Waals surface area contributed by atoms with E-state index >= 15 is 0 Å². The van der Waals surface area contributed by atoms with Crippen LogP contribution in [-0.4, -0.2) is 47.9 Å². The van der Waals surface area contributed by atoms with Crippen LogP contribution in [0.3, 0.4) is 0 Å². The van der Waals surface area contributed by atoms with Gasteiger partial charge in [-0.2, -0.15) is 0 Å². The molecule has 2 heterocycles. The van der Waals surface area contributed by atoms with Crippen LogP contribution in [0.2, 0.25) is 0 Å². The molecule has 1 aliphatic heterocycles. The van der Waals surface area contributed by atoms with Crippen LogP contribution in [0.15, 0.2) is 17.5 Å². The van der Waals surface area contributed by atoms with Crippen LogP contribution < -0.4 is 10.6 Å². The Morgan fingerprint density at radius 1 is 1.21 bits per heavy atom. The van der Waals surface area contributed by atoms with Crippen molar-refractivity contribution in [1.29, 1.82) is 0 Å². The molecule has 3 rings (SSSR count). The van der Waals surface area contributed by atoms with Crippen molar-refractivity contribution < 1.29 is 9.59 Å². The molecule has 2 aliphatic rings. The second-order valence-corrected chi connectivity index (χ2v) is 8.17. The van der Waals surface area contributed by atoms with Crippen molar-refractivity contribution >= 4 is 23.2 Å². The van der Waals surface area contributed by atoms with Gasteiger partial charge in [-0.1, -0.05) is 19.9 Å². The Bertz CT molecular complexity index is 561. The van der Waals surface area contributed by atoms with Crippen molar-refractivity contribution in [3.8, 4) is 0 Å². The summed E-state index contributed by atoms with van der Waals surface area (Å²) in [5.74, 6) is -0.164. The fourth-order valence-corrected chi connectivity index (χ4v) is 3.92. The van der Waals surface area contributed by atoms with Crippen molar-refractivity contribution in [2.75, 3.05) is 13.1 Å². The first-order valence-corrected chi connectivity index (χ1v) is 9.81. The highest BCUT2D eigenvalue weighted by Gasteiger charge is 2.33. The summed E-state index contributed by atoms with van der Waals surface area (Å²) in [6.07, 6.45) is 4.68. The molecule has 1 aliphatic carbocycles. The highest BCUT2D eigenvalue weighted by molar-refractivity contribution is 7.12. The molecule has 1 unspecified atom stereocenters. The summed E-state index contributed by atoms with van der Waals surface area (Å²) in [6.45, 7) is 6.08. The van der Waals surface area contributed by atoms with Crippen LogP contribution in [0, 0.1) is 5.92 Å². The molecule has 1 aromatic heterocycles. The van der Waals surface area contributed by atoms with Crippen molar-refractivity contribution in [3.05, 3.63) is 22.4 Å². The molecule has 5 nitrogen and oxygen atoms in total. The number of rotatable bonds is 6. The Morgan fingerprint density at radius 2 is 1.92 bits per heavy atom. The molecule has 2 N–H and O–H groups in total. The first-order valence-electron chi connectivity index (χ1n) is 8.93. The standard InChI is InChI=1S/C18H27N3O2S/c1-12(2)16(20-17(22)15-4-3-11-24-15)18(23)19-13-7-9-21(10-8-13)14-5-6-14/h3-4,11-14,16H,5-10H2,1-2H3,(H,19,23)(H,20,22). The third-order valence-corrected chi connectivity index (χ3v) is 5.79. The van der Waals surface area contributed by atoms with Gasteiger partial charge in [0.15, 0.2) is 0 Å². The van der Waals surface area contributed by atoms with E-state index in [0.717, 1.165) is 32.0 Å². The molecule has 2 fully saturated rings. The summed E-state index contributed by atoms with van der Waals surface area (Å²) >= 11 is 1.39. The Labute approximate surface area is 147 Å². The highest BCUT2D eigenvalue weighted by Crippen LogP contribution is 2.29. The number of hydrogen-bond acceptors (Lipinski definition) is 4. The first-order chi connectivity index (χ1) is 11.5. The van der Waals surface area contributed by atoms with E-state index in [-0.39, 0.29) is 23.8 Å². The number of nitrogens with one attached hydrogen (secondary N) is 2. The van der Waals surface area contributed by atoms with E-state index in [1.807, 2.05) is 25.3 Å². The Hall–Kier alpha value is -1.40. The van der Waals surface area contributed by atoms with Crippen molar-refractivity contribution in [2.45, 2.75) is 57.7 Å². The minimum absolute atomic E-state index is 0.0558. The molecule has 24 heavy (non-hydrogen) atoms. The lowest BCUT2D eigenvalue weighted by Gasteiger charge is -2.33. The van der Waals surface area contributed by atoms with Crippen LogP contribution in [-0.2, 0) is 4.79 Å². The van der Waals surface area contributed by atoms with Crippen LogP contribution in [0.4, 0.5) is 0 Å². The number of nitrogens with zero attached hydrogens (tertiary/aromatic N) is 1. The van der Waals surface area contributed by atoms with E-state index in [1.54, 1.807) is 6.07 Å². The van der Waals surface area contributed by atoms with Crippen LogP contribution in [0.1, 0.15) is 49.2 Å². The van der Waals surface area contributed by atoms with Gasteiger partial charge < -0.3 is 15.5 Å². The molecule has 1 aromatic rings. The van der Waals surface area contributed by atoms with Gasteiger partial charge in [0, 0.05) is 25.2 Å². The minimum Gasteiger partial charge on any atom is -0.351 e. The average Bonchev–Trinajstić information content (AvgIpc) is 3.26.